The van der Waals surface area contributed by atoms with Crippen LogP contribution in [0.5, 0.6) is 0 Å². The number of carbonyl (C=O) groups is 1. The van der Waals surface area contributed by atoms with Crippen LogP contribution in [0.25, 0.3) is 0 Å². The number of carbonyl (C=O) groups excluding carboxylic acids is 1. The van der Waals surface area contributed by atoms with E-state index >= 15 is 0 Å². The third-order valence-electron chi connectivity index (χ3n) is 2.68. The lowest BCUT2D eigenvalue weighted by Crippen LogP contribution is -2.12. The van der Waals surface area contributed by atoms with Gasteiger partial charge in [-0.25, -0.2) is 0 Å². The second-order valence-corrected chi connectivity index (χ2v) is 5.44. The summed E-state index contributed by atoms with van der Waals surface area (Å²) in [6.07, 6.45) is 0.349. The van der Waals surface area contributed by atoms with E-state index in [9.17, 15) is 14.9 Å². The second-order valence-electron chi connectivity index (χ2n) is 4.27. The Kier molecular flexibility index (Phi) is 5.34. The molecule has 108 valence electrons. The number of hydrogen-bond acceptors (Lipinski definition) is 4. The number of nitrogens with zero attached hydrogens (tertiary/aromatic N) is 1. The minimum absolute atomic E-state index is 0.0357. The lowest BCUT2D eigenvalue weighted by Gasteiger charge is -2.05. The Bertz CT molecular complexity index is 632. The van der Waals surface area contributed by atoms with E-state index in [4.69, 9.17) is 0 Å². The molecular formula is C15H14N2O3S. The predicted octanol–water partition coefficient (Wildman–Crippen LogP) is 3.72. The molecule has 0 fully saturated rings. The molecule has 0 saturated heterocycles. The highest BCUT2D eigenvalue weighted by Crippen LogP contribution is 2.19. The van der Waals surface area contributed by atoms with Crippen LogP contribution in [-0.2, 0) is 4.79 Å². The van der Waals surface area contributed by atoms with Crippen LogP contribution in [0.1, 0.15) is 6.42 Å². The predicted molar refractivity (Wildman–Crippen MR) is 83.5 cm³/mol. The van der Waals surface area contributed by atoms with Crippen molar-refractivity contribution in [3.05, 3.63) is 64.7 Å². The topological polar surface area (TPSA) is 72.2 Å². The molecule has 1 N–H and O–H groups in total. The number of thioether (sulfide) groups is 1. The molecule has 0 aromatic heterocycles. The Morgan fingerprint density at radius 2 is 1.90 bits per heavy atom. The lowest BCUT2D eigenvalue weighted by molar-refractivity contribution is -0.384. The van der Waals surface area contributed by atoms with E-state index in [-0.39, 0.29) is 11.6 Å². The maximum atomic E-state index is 11.8. The van der Waals surface area contributed by atoms with Gasteiger partial charge >= 0.3 is 0 Å². The summed E-state index contributed by atoms with van der Waals surface area (Å²) in [6.45, 7) is 0. The third kappa shape index (κ3) is 4.92. The molecule has 2 aromatic carbocycles. The SMILES string of the molecule is O=C(CCSc1ccccc1)Nc1cccc([N+](=O)[O-])c1. The zero-order valence-electron chi connectivity index (χ0n) is 11.2. The summed E-state index contributed by atoms with van der Waals surface area (Å²) in [6, 6.07) is 15.7. The number of hydrogen-bond donors (Lipinski definition) is 1. The van der Waals surface area contributed by atoms with Crippen molar-refractivity contribution in [2.75, 3.05) is 11.1 Å². The zero-order valence-corrected chi connectivity index (χ0v) is 12.0. The normalized spacial score (nSPS) is 10.1. The fourth-order valence-electron chi connectivity index (χ4n) is 1.70. The van der Waals surface area contributed by atoms with Crippen LogP contribution >= 0.6 is 11.8 Å². The van der Waals surface area contributed by atoms with Gasteiger partial charge in [-0.05, 0) is 18.2 Å². The van der Waals surface area contributed by atoms with Gasteiger partial charge in [-0.2, -0.15) is 0 Å². The molecule has 0 aliphatic rings. The molecule has 0 aliphatic carbocycles. The first kappa shape index (κ1) is 15.1. The minimum Gasteiger partial charge on any atom is -0.326 e. The van der Waals surface area contributed by atoms with Crippen LogP contribution in [0, 0.1) is 10.1 Å². The molecule has 0 atom stereocenters. The number of rotatable bonds is 6. The average Bonchev–Trinajstić information content (AvgIpc) is 2.48. The van der Waals surface area contributed by atoms with Crippen LogP contribution in [0.2, 0.25) is 0 Å². The van der Waals surface area contributed by atoms with E-state index in [1.165, 1.54) is 12.1 Å². The number of benzene rings is 2. The largest absolute Gasteiger partial charge is 0.326 e. The van der Waals surface area contributed by atoms with Crippen molar-refractivity contribution in [2.24, 2.45) is 0 Å². The first-order chi connectivity index (χ1) is 10.1. The van der Waals surface area contributed by atoms with E-state index in [0.717, 1.165) is 4.90 Å². The van der Waals surface area contributed by atoms with Crippen molar-refractivity contribution in [1.29, 1.82) is 0 Å². The van der Waals surface area contributed by atoms with Crippen molar-refractivity contribution in [2.45, 2.75) is 11.3 Å². The van der Waals surface area contributed by atoms with E-state index in [1.807, 2.05) is 30.3 Å². The first-order valence-corrected chi connectivity index (χ1v) is 7.36. The van der Waals surface area contributed by atoms with Gasteiger partial charge in [-0.15, -0.1) is 11.8 Å². The van der Waals surface area contributed by atoms with Gasteiger partial charge in [-0.3, -0.25) is 14.9 Å². The number of amides is 1. The van der Waals surface area contributed by atoms with Crippen LogP contribution in [0.4, 0.5) is 11.4 Å². The summed E-state index contributed by atoms with van der Waals surface area (Å²) in [5.41, 5.74) is 0.408. The van der Waals surface area contributed by atoms with Crippen LogP contribution < -0.4 is 5.32 Å². The molecule has 0 unspecified atom stereocenters. The Morgan fingerprint density at radius 1 is 1.14 bits per heavy atom. The van der Waals surface area contributed by atoms with E-state index in [1.54, 1.807) is 23.9 Å². The van der Waals surface area contributed by atoms with Crippen molar-refractivity contribution in [3.63, 3.8) is 0 Å². The number of nitrogens with one attached hydrogen (secondary N) is 1. The quantitative estimate of drug-likeness (QED) is 0.501. The molecule has 0 aliphatic heterocycles. The van der Waals surface area contributed by atoms with Crippen molar-refractivity contribution >= 4 is 29.0 Å². The van der Waals surface area contributed by atoms with Gasteiger partial charge in [0.25, 0.3) is 5.69 Å². The molecule has 0 bridgehead atoms. The molecule has 1 amide bonds. The maximum Gasteiger partial charge on any atom is 0.271 e. The Hall–Kier alpha value is -2.34. The summed E-state index contributed by atoms with van der Waals surface area (Å²) in [5.74, 6) is 0.504. The van der Waals surface area contributed by atoms with Gasteiger partial charge < -0.3 is 5.32 Å². The molecule has 0 spiro atoms. The highest BCUT2D eigenvalue weighted by atomic mass is 32.2. The minimum atomic E-state index is -0.485. The summed E-state index contributed by atoms with van der Waals surface area (Å²) in [7, 11) is 0. The maximum absolute atomic E-state index is 11.8. The van der Waals surface area contributed by atoms with Gasteiger partial charge in [-0.1, -0.05) is 24.3 Å². The number of non-ortho nitro benzene ring substituents is 1. The summed E-state index contributed by atoms with van der Waals surface area (Å²) in [5, 5.41) is 13.3. The van der Waals surface area contributed by atoms with Gasteiger partial charge in [0.1, 0.15) is 0 Å². The van der Waals surface area contributed by atoms with Gasteiger partial charge in [0.2, 0.25) is 5.91 Å². The summed E-state index contributed by atoms with van der Waals surface area (Å²) in [4.78, 5) is 23.1. The molecule has 21 heavy (non-hydrogen) atoms. The first-order valence-electron chi connectivity index (χ1n) is 6.37. The Balaban J connectivity index is 1.82. The van der Waals surface area contributed by atoms with Crippen molar-refractivity contribution in [1.82, 2.24) is 0 Å². The molecule has 0 radical (unpaired) electrons. The molecule has 2 aromatic rings. The number of nitro benzene ring substituents is 1. The van der Waals surface area contributed by atoms with Gasteiger partial charge in [0, 0.05) is 34.9 Å². The van der Waals surface area contributed by atoms with E-state index in [2.05, 4.69) is 5.32 Å². The molecule has 5 nitrogen and oxygen atoms in total. The van der Waals surface area contributed by atoms with E-state index < -0.39 is 4.92 Å². The fourth-order valence-corrected chi connectivity index (χ4v) is 2.57. The number of anilines is 1. The van der Waals surface area contributed by atoms with Crippen molar-refractivity contribution in [3.8, 4) is 0 Å². The highest BCUT2D eigenvalue weighted by molar-refractivity contribution is 7.99. The number of nitro groups is 1. The zero-order chi connectivity index (χ0) is 15.1. The lowest BCUT2D eigenvalue weighted by atomic mass is 10.3. The standard InChI is InChI=1S/C15H14N2O3S/c18-15(9-10-21-14-7-2-1-3-8-14)16-12-5-4-6-13(11-12)17(19)20/h1-8,11H,9-10H2,(H,16,18). The van der Waals surface area contributed by atoms with Crippen LogP contribution in [-0.4, -0.2) is 16.6 Å². The van der Waals surface area contributed by atoms with Gasteiger partial charge in [0.15, 0.2) is 0 Å². The molecular weight excluding hydrogens is 288 g/mol. The van der Waals surface area contributed by atoms with Gasteiger partial charge in [0.05, 0.1) is 4.92 Å². The Morgan fingerprint density at radius 3 is 2.62 bits per heavy atom. The average molecular weight is 302 g/mol. The summed E-state index contributed by atoms with van der Waals surface area (Å²) < 4.78 is 0. The van der Waals surface area contributed by atoms with Crippen LogP contribution in [0.3, 0.4) is 0 Å². The molecule has 2 rings (SSSR count). The second kappa shape index (κ2) is 7.44. The smallest absolute Gasteiger partial charge is 0.271 e. The fraction of sp³-hybridized carbons (Fsp3) is 0.133. The molecule has 0 heterocycles. The van der Waals surface area contributed by atoms with Crippen molar-refractivity contribution < 1.29 is 9.72 Å². The third-order valence-corrected chi connectivity index (χ3v) is 3.70. The van der Waals surface area contributed by atoms with Crippen LogP contribution in [0.15, 0.2) is 59.5 Å². The molecule has 6 heteroatoms. The summed E-state index contributed by atoms with van der Waals surface area (Å²) >= 11 is 1.60. The monoisotopic (exact) mass is 302 g/mol. The molecule has 0 saturated carbocycles. The highest BCUT2D eigenvalue weighted by Gasteiger charge is 2.08. The Labute approximate surface area is 126 Å². The van der Waals surface area contributed by atoms with E-state index in [0.29, 0.717) is 17.9 Å².